The van der Waals surface area contributed by atoms with Crippen molar-refractivity contribution >= 4 is 22.7 Å². The second-order valence-corrected chi connectivity index (χ2v) is 7.85. The van der Waals surface area contributed by atoms with Gasteiger partial charge in [-0.05, 0) is 66.9 Å². The van der Waals surface area contributed by atoms with Crippen molar-refractivity contribution in [2.24, 2.45) is 5.73 Å². The standard InChI is InChI=1S/C22H26N2O2S/c1-4-15-13-16-5-6-17(14-20(16)24-21(15)25)22(2,23)11-12-26-18-7-9-19(27-3)10-8-18/h5-10,13-14H,4,11-12,23H2,1-3H3,(H,24,25). The molecule has 2 aromatic carbocycles. The molecular weight excluding hydrogens is 356 g/mol. The number of fused-ring (bicyclic) bond motifs is 1. The van der Waals surface area contributed by atoms with Gasteiger partial charge in [-0.15, -0.1) is 11.8 Å². The van der Waals surface area contributed by atoms with Crippen LogP contribution in [0, 0.1) is 0 Å². The van der Waals surface area contributed by atoms with Crippen molar-refractivity contribution in [1.82, 2.24) is 4.98 Å². The predicted octanol–water partition coefficient (Wildman–Crippen LogP) is 4.46. The number of hydrogen-bond acceptors (Lipinski definition) is 4. The lowest BCUT2D eigenvalue weighted by atomic mass is 9.89. The summed E-state index contributed by atoms with van der Waals surface area (Å²) in [6, 6.07) is 16.0. The summed E-state index contributed by atoms with van der Waals surface area (Å²) < 4.78 is 5.85. The van der Waals surface area contributed by atoms with Crippen LogP contribution in [0.4, 0.5) is 0 Å². The second kappa shape index (κ2) is 8.19. The van der Waals surface area contributed by atoms with Crippen molar-refractivity contribution in [3.8, 4) is 5.75 Å². The Bertz CT molecular complexity index is 978. The van der Waals surface area contributed by atoms with Crippen LogP contribution in [0.2, 0.25) is 0 Å². The van der Waals surface area contributed by atoms with Gasteiger partial charge in [0.05, 0.1) is 6.61 Å². The molecule has 0 saturated carbocycles. The van der Waals surface area contributed by atoms with Crippen molar-refractivity contribution in [2.45, 2.75) is 37.1 Å². The highest BCUT2D eigenvalue weighted by Gasteiger charge is 2.22. The van der Waals surface area contributed by atoms with Crippen molar-refractivity contribution < 1.29 is 4.74 Å². The largest absolute Gasteiger partial charge is 0.494 e. The average molecular weight is 383 g/mol. The number of benzene rings is 2. The van der Waals surface area contributed by atoms with Gasteiger partial charge in [0.1, 0.15) is 5.75 Å². The SMILES string of the molecule is CCc1cc2ccc(C(C)(N)CCOc3ccc(SC)cc3)cc2[nH]c1=O. The maximum Gasteiger partial charge on any atom is 0.251 e. The van der Waals surface area contributed by atoms with Crippen molar-refractivity contribution in [2.75, 3.05) is 12.9 Å². The summed E-state index contributed by atoms with van der Waals surface area (Å²) in [4.78, 5) is 16.3. The van der Waals surface area contributed by atoms with E-state index in [1.807, 2.05) is 62.4 Å². The topological polar surface area (TPSA) is 68.1 Å². The van der Waals surface area contributed by atoms with Crippen LogP contribution in [0.3, 0.4) is 0 Å². The van der Waals surface area contributed by atoms with Crippen LogP contribution in [0.25, 0.3) is 10.9 Å². The first-order chi connectivity index (χ1) is 12.9. The monoisotopic (exact) mass is 382 g/mol. The summed E-state index contributed by atoms with van der Waals surface area (Å²) in [5.41, 5.74) is 8.58. The predicted molar refractivity (Wildman–Crippen MR) is 114 cm³/mol. The molecule has 1 aromatic heterocycles. The number of pyridine rings is 1. The molecule has 0 aliphatic carbocycles. The number of aryl methyl sites for hydroxylation is 1. The van der Waals surface area contributed by atoms with Crippen LogP contribution in [0.1, 0.15) is 31.4 Å². The number of nitrogens with one attached hydrogen (secondary N) is 1. The number of aromatic nitrogens is 1. The molecule has 142 valence electrons. The Morgan fingerprint density at radius 1 is 1.15 bits per heavy atom. The minimum absolute atomic E-state index is 0.0297. The fourth-order valence-corrected chi connectivity index (χ4v) is 3.47. The minimum atomic E-state index is -0.548. The van der Waals surface area contributed by atoms with Crippen molar-refractivity contribution in [1.29, 1.82) is 0 Å². The van der Waals surface area contributed by atoms with Gasteiger partial charge in [-0.2, -0.15) is 0 Å². The van der Waals surface area contributed by atoms with Gasteiger partial charge >= 0.3 is 0 Å². The van der Waals surface area contributed by atoms with Crippen LogP contribution in [-0.4, -0.2) is 17.8 Å². The first kappa shape index (κ1) is 19.5. The molecular formula is C22H26N2O2S. The zero-order valence-corrected chi connectivity index (χ0v) is 16.9. The highest BCUT2D eigenvalue weighted by Crippen LogP contribution is 2.26. The summed E-state index contributed by atoms with van der Waals surface area (Å²) in [6.07, 6.45) is 3.44. The summed E-state index contributed by atoms with van der Waals surface area (Å²) in [7, 11) is 0. The van der Waals surface area contributed by atoms with Crippen LogP contribution in [-0.2, 0) is 12.0 Å². The molecule has 0 fully saturated rings. The molecule has 1 unspecified atom stereocenters. The van der Waals surface area contributed by atoms with Crippen LogP contribution < -0.4 is 16.0 Å². The molecule has 3 rings (SSSR count). The Kier molecular flexibility index (Phi) is 5.92. The van der Waals surface area contributed by atoms with Crippen molar-refractivity contribution in [3.63, 3.8) is 0 Å². The van der Waals surface area contributed by atoms with Gasteiger partial charge in [0.25, 0.3) is 5.56 Å². The Morgan fingerprint density at radius 3 is 2.56 bits per heavy atom. The molecule has 27 heavy (non-hydrogen) atoms. The van der Waals surface area contributed by atoms with E-state index in [0.717, 1.165) is 34.2 Å². The summed E-state index contributed by atoms with van der Waals surface area (Å²) in [5, 5.41) is 1.02. The Morgan fingerprint density at radius 2 is 1.89 bits per heavy atom. The molecule has 5 heteroatoms. The molecule has 1 heterocycles. The molecule has 0 radical (unpaired) electrons. The van der Waals surface area contributed by atoms with E-state index in [0.29, 0.717) is 13.0 Å². The fourth-order valence-electron chi connectivity index (χ4n) is 3.06. The highest BCUT2D eigenvalue weighted by atomic mass is 32.2. The smallest absolute Gasteiger partial charge is 0.251 e. The highest BCUT2D eigenvalue weighted by molar-refractivity contribution is 7.98. The number of aromatic amines is 1. The lowest BCUT2D eigenvalue weighted by Gasteiger charge is -2.25. The van der Waals surface area contributed by atoms with Gasteiger partial charge in [0.15, 0.2) is 0 Å². The Labute approximate surface area is 164 Å². The molecule has 0 aliphatic rings. The number of rotatable bonds is 7. The van der Waals surface area contributed by atoms with Crippen molar-refractivity contribution in [3.05, 3.63) is 70.0 Å². The quantitative estimate of drug-likeness (QED) is 0.592. The first-order valence-electron chi connectivity index (χ1n) is 9.15. The van der Waals surface area contributed by atoms with Crippen LogP contribution in [0.5, 0.6) is 5.75 Å². The van der Waals surface area contributed by atoms with E-state index in [1.165, 1.54) is 4.90 Å². The van der Waals surface area contributed by atoms with Gasteiger partial charge in [-0.3, -0.25) is 4.79 Å². The minimum Gasteiger partial charge on any atom is -0.494 e. The van der Waals surface area contributed by atoms with E-state index in [1.54, 1.807) is 11.8 Å². The van der Waals surface area contributed by atoms with Crippen LogP contribution in [0.15, 0.2) is 58.2 Å². The lowest BCUT2D eigenvalue weighted by molar-refractivity contribution is 0.267. The number of nitrogens with two attached hydrogens (primary N) is 1. The molecule has 3 N–H and O–H groups in total. The van der Waals surface area contributed by atoms with E-state index in [4.69, 9.17) is 10.5 Å². The molecule has 1 atom stereocenters. The van der Waals surface area contributed by atoms with Gasteiger partial charge < -0.3 is 15.5 Å². The number of ether oxygens (including phenoxy) is 1. The lowest BCUT2D eigenvalue weighted by Crippen LogP contribution is -2.34. The molecule has 0 aliphatic heterocycles. The molecule has 4 nitrogen and oxygen atoms in total. The Hall–Kier alpha value is -2.24. The van der Waals surface area contributed by atoms with E-state index in [2.05, 4.69) is 11.2 Å². The summed E-state index contributed by atoms with van der Waals surface area (Å²) >= 11 is 1.71. The third-order valence-electron chi connectivity index (χ3n) is 4.91. The maximum atomic E-state index is 12.1. The molecule has 0 spiro atoms. The van der Waals surface area contributed by atoms with Crippen LogP contribution >= 0.6 is 11.8 Å². The van der Waals surface area contributed by atoms with E-state index < -0.39 is 5.54 Å². The normalized spacial score (nSPS) is 13.5. The summed E-state index contributed by atoms with van der Waals surface area (Å²) in [6.45, 7) is 4.50. The van der Waals surface area contributed by atoms with Gasteiger partial charge in [-0.25, -0.2) is 0 Å². The number of hydrogen-bond donors (Lipinski definition) is 2. The zero-order valence-electron chi connectivity index (χ0n) is 16.0. The molecule has 0 saturated heterocycles. The van der Waals surface area contributed by atoms with E-state index in [-0.39, 0.29) is 5.56 Å². The fraction of sp³-hybridized carbons (Fsp3) is 0.318. The second-order valence-electron chi connectivity index (χ2n) is 6.97. The third-order valence-corrected chi connectivity index (χ3v) is 5.66. The van der Waals surface area contributed by atoms with Gasteiger partial charge in [-0.1, -0.05) is 19.1 Å². The van der Waals surface area contributed by atoms with E-state index >= 15 is 0 Å². The number of thioether (sulfide) groups is 1. The van der Waals surface area contributed by atoms with E-state index in [9.17, 15) is 4.79 Å². The Balaban J connectivity index is 1.72. The molecule has 0 amide bonds. The molecule has 0 bridgehead atoms. The average Bonchev–Trinajstić information content (AvgIpc) is 2.67. The maximum absolute atomic E-state index is 12.1. The first-order valence-corrected chi connectivity index (χ1v) is 10.4. The van der Waals surface area contributed by atoms with Gasteiger partial charge in [0, 0.05) is 27.9 Å². The molecule has 3 aromatic rings. The zero-order chi connectivity index (χ0) is 19.4. The van der Waals surface area contributed by atoms with Gasteiger partial charge in [0.2, 0.25) is 0 Å². The summed E-state index contributed by atoms with van der Waals surface area (Å²) in [5.74, 6) is 0.846. The third kappa shape index (κ3) is 4.54. The number of H-pyrrole nitrogens is 1.